The van der Waals surface area contributed by atoms with Crippen molar-refractivity contribution >= 4 is 0 Å². The van der Waals surface area contributed by atoms with E-state index in [-0.39, 0.29) is 5.41 Å². The highest BCUT2D eigenvalue weighted by Gasteiger charge is 2.70. The number of hydrogen-bond donors (Lipinski definition) is 1. The lowest BCUT2D eigenvalue weighted by Crippen LogP contribution is -2.68. The summed E-state index contributed by atoms with van der Waals surface area (Å²) in [5, 5.41) is 10.7. The Kier molecular flexibility index (Phi) is 4.96. The van der Waals surface area contributed by atoms with E-state index in [2.05, 4.69) is 48.5 Å². The van der Waals surface area contributed by atoms with Crippen molar-refractivity contribution < 1.29 is 5.11 Å². The van der Waals surface area contributed by atoms with E-state index in [0.29, 0.717) is 39.6 Å². The van der Waals surface area contributed by atoms with Gasteiger partial charge in [-0.15, -0.1) is 0 Å². The molecular weight excluding hydrogens is 376 g/mol. The second-order valence-corrected chi connectivity index (χ2v) is 15.3. The first-order chi connectivity index (χ1) is 14.4. The largest absolute Gasteiger partial charge is 0.396 e. The molecule has 0 amide bonds. The third-order valence-electron chi connectivity index (χ3n) is 13.9. The van der Waals surface area contributed by atoms with Gasteiger partial charge in [0.2, 0.25) is 0 Å². The zero-order valence-corrected chi connectivity index (χ0v) is 21.9. The second kappa shape index (κ2) is 6.76. The molecule has 5 saturated carbocycles. The Bertz CT molecular complexity index is 726. The topological polar surface area (TPSA) is 20.2 Å². The molecule has 0 heterocycles. The molecule has 0 aliphatic heterocycles. The maximum absolute atomic E-state index is 10.7. The fraction of sp³-hybridized carbons (Fsp3) is 1.00. The second-order valence-electron chi connectivity index (χ2n) is 15.3. The summed E-state index contributed by atoms with van der Waals surface area (Å²) in [4.78, 5) is 0. The van der Waals surface area contributed by atoms with Crippen molar-refractivity contribution in [2.45, 2.75) is 126 Å². The molecule has 0 aromatic heterocycles. The normalized spacial score (nSPS) is 58.5. The number of hydrogen-bond acceptors (Lipinski definition) is 1. The van der Waals surface area contributed by atoms with E-state index in [1.54, 1.807) is 0 Å². The standard InChI is InChI=1S/C30H52O/c1-21-9-8-10-22-26(21,4)12-11-23-27(22,5)14-15-29(7)24-19-25(2,3)13-17-30(24,20-31)18-16-28(23,29)6/h21-24,31H,8-20H2,1-7H3. The van der Waals surface area contributed by atoms with Gasteiger partial charge in [-0.25, -0.2) is 0 Å². The van der Waals surface area contributed by atoms with Gasteiger partial charge in [0.15, 0.2) is 0 Å². The van der Waals surface area contributed by atoms with Crippen LogP contribution < -0.4 is 0 Å². The first kappa shape index (κ1) is 22.7. The summed E-state index contributed by atoms with van der Waals surface area (Å²) in [5.41, 5.74) is 2.58. The lowest BCUT2D eigenvalue weighted by molar-refractivity contribution is -0.264. The Hall–Kier alpha value is -0.0400. The van der Waals surface area contributed by atoms with Crippen molar-refractivity contribution in [1.82, 2.24) is 0 Å². The van der Waals surface area contributed by atoms with Gasteiger partial charge in [-0.2, -0.15) is 0 Å². The van der Waals surface area contributed by atoms with Crippen LogP contribution in [0.1, 0.15) is 126 Å². The molecule has 5 rings (SSSR count). The Balaban J connectivity index is 1.56. The van der Waals surface area contributed by atoms with E-state index in [0.717, 1.165) is 17.8 Å². The average Bonchev–Trinajstić information content (AvgIpc) is 2.71. The van der Waals surface area contributed by atoms with Crippen LogP contribution in [0.25, 0.3) is 0 Å². The molecule has 0 aromatic rings. The summed E-state index contributed by atoms with van der Waals surface area (Å²) in [5.74, 6) is 3.41. The number of aliphatic hydroxyl groups excluding tert-OH is 1. The highest BCUT2D eigenvalue weighted by Crippen LogP contribution is 2.78. The molecule has 9 unspecified atom stereocenters. The predicted octanol–water partition coefficient (Wildman–Crippen LogP) is 8.25. The maximum Gasteiger partial charge on any atom is 0.0490 e. The zero-order valence-electron chi connectivity index (χ0n) is 21.9. The van der Waals surface area contributed by atoms with Crippen LogP contribution in [0, 0.1) is 56.2 Å². The Labute approximate surface area is 193 Å². The van der Waals surface area contributed by atoms with Gasteiger partial charge in [0, 0.05) is 6.61 Å². The molecule has 5 aliphatic rings. The van der Waals surface area contributed by atoms with Gasteiger partial charge in [-0.05, 0) is 120 Å². The molecule has 9 atom stereocenters. The summed E-state index contributed by atoms with van der Waals surface area (Å²) >= 11 is 0. The molecule has 5 fully saturated rings. The fourth-order valence-corrected chi connectivity index (χ4v) is 11.4. The molecular formula is C30H52O. The van der Waals surface area contributed by atoms with Crippen LogP contribution in [0.5, 0.6) is 0 Å². The van der Waals surface area contributed by atoms with Crippen LogP contribution in [0.15, 0.2) is 0 Å². The maximum atomic E-state index is 10.7. The van der Waals surface area contributed by atoms with Crippen molar-refractivity contribution in [2.24, 2.45) is 56.2 Å². The summed E-state index contributed by atoms with van der Waals surface area (Å²) < 4.78 is 0. The molecule has 0 radical (unpaired) electrons. The van der Waals surface area contributed by atoms with Gasteiger partial charge in [0.1, 0.15) is 0 Å². The van der Waals surface area contributed by atoms with Crippen LogP contribution in [-0.4, -0.2) is 11.7 Å². The molecule has 0 aromatic carbocycles. The van der Waals surface area contributed by atoms with E-state index in [1.165, 1.54) is 77.0 Å². The summed E-state index contributed by atoms with van der Waals surface area (Å²) in [6, 6.07) is 0. The van der Waals surface area contributed by atoms with Crippen LogP contribution in [0.3, 0.4) is 0 Å². The minimum atomic E-state index is 0.208. The molecule has 1 heteroatoms. The van der Waals surface area contributed by atoms with Gasteiger partial charge in [-0.1, -0.05) is 61.3 Å². The molecule has 0 saturated heterocycles. The minimum Gasteiger partial charge on any atom is -0.396 e. The molecule has 178 valence electrons. The third kappa shape index (κ3) is 2.77. The van der Waals surface area contributed by atoms with Crippen molar-refractivity contribution in [2.75, 3.05) is 6.61 Å². The highest BCUT2D eigenvalue weighted by molar-refractivity contribution is 5.19. The van der Waals surface area contributed by atoms with Crippen molar-refractivity contribution in [3.63, 3.8) is 0 Å². The molecule has 1 nitrogen and oxygen atoms in total. The molecule has 31 heavy (non-hydrogen) atoms. The highest BCUT2D eigenvalue weighted by atomic mass is 16.3. The van der Waals surface area contributed by atoms with Gasteiger partial charge >= 0.3 is 0 Å². The summed E-state index contributed by atoms with van der Waals surface area (Å²) in [6.07, 6.45) is 16.7. The van der Waals surface area contributed by atoms with E-state index >= 15 is 0 Å². The van der Waals surface area contributed by atoms with Crippen LogP contribution in [0.2, 0.25) is 0 Å². The molecule has 0 bridgehead atoms. The Morgan fingerprint density at radius 1 is 0.645 bits per heavy atom. The smallest absolute Gasteiger partial charge is 0.0490 e. The summed E-state index contributed by atoms with van der Waals surface area (Å²) in [7, 11) is 0. The Morgan fingerprint density at radius 2 is 1.29 bits per heavy atom. The summed E-state index contributed by atoms with van der Waals surface area (Å²) in [6.45, 7) is 18.9. The van der Waals surface area contributed by atoms with Gasteiger partial charge in [0.05, 0.1) is 0 Å². The first-order valence-corrected chi connectivity index (χ1v) is 14.0. The Morgan fingerprint density at radius 3 is 2.00 bits per heavy atom. The number of aliphatic hydroxyl groups is 1. The lowest BCUT2D eigenvalue weighted by atomic mass is 9.30. The van der Waals surface area contributed by atoms with E-state index < -0.39 is 0 Å². The monoisotopic (exact) mass is 428 g/mol. The quantitative estimate of drug-likeness (QED) is 0.445. The average molecular weight is 429 g/mol. The molecule has 1 N–H and O–H groups in total. The van der Waals surface area contributed by atoms with E-state index in [1.807, 2.05) is 0 Å². The van der Waals surface area contributed by atoms with Crippen LogP contribution in [0.4, 0.5) is 0 Å². The lowest BCUT2D eigenvalue weighted by Gasteiger charge is -2.75. The van der Waals surface area contributed by atoms with Gasteiger partial charge in [0.25, 0.3) is 0 Å². The molecule has 5 aliphatic carbocycles. The SMILES string of the molecule is CC1CCCC2C1(C)CCC1C2(C)CCC2(C)C3CC(C)(C)CCC3(CO)CCC12C. The van der Waals surface area contributed by atoms with E-state index in [4.69, 9.17) is 0 Å². The first-order valence-electron chi connectivity index (χ1n) is 14.0. The van der Waals surface area contributed by atoms with Crippen LogP contribution in [-0.2, 0) is 0 Å². The van der Waals surface area contributed by atoms with Gasteiger partial charge < -0.3 is 5.11 Å². The van der Waals surface area contributed by atoms with Crippen molar-refractivity contribution in [3.05, 3.63) is 0 Å². The number of fused-ring (bicyclic) bond motifs is 7. The third-order valence-corrected chi connectivity index (χ3v) is 13.9. The predicted molar refractivity (Wildman–Crippen MR) is 131 cm³/mol. The van der Waals surface area contributed by atoms with Crippen molar-refractivity contribution in [3.8, 4) is 0 Å². The molecule has 0 spiro atoms. The van der Waals surface area contributed by atoms with Gasteiger partial charge in [-0.3, -0.25) is 0 Å². The number of rotatable bonds is 1. The van der Waals surface area contributed by atoms with Crippen molar-refractivity contribution in [1.29, 1.82) is 0 Å². The van der Waals surface area contributed by atoms with E-state index in [9.17, 15) is 5.11 Å². The zero-order chi connectivity index (χ0) is 22.5. The minimum absolute atomic E-state index is 0.208. The van der Waals surface area contributed by atoms with Crippen LogP contribution >= 0.6 is 0 Å². The fourth-order valence-electron chi connectivity index (χ4n) is 11.4.